The summed E-state index contributed by atoms with van der Waals surface area (Å²) in [7, 11) is 1.51. The van der Waals surface area contributed by atoms with E-state index < -0.39 is 4.92 Å². The van der Waals surface area contributed by atoms with E-state index in [9.17, 15) is 10.1 Å². The van der Waals surface area contributed by atoms with Crippen LogP contribution in [0.2, 0.25) is 0 Å². The van der Waals surface area contributed by atoms with E-state index >= 15 is 0 Å². The molecule has 1 aromatic carbocycles. The van der Waals surface area contributed by atoms with Gasteiger partial charge in [-0.3, -0.25) is 10.1 Å². The maximum atomic E-state index is 10.9. The molecular formula is C12H16N2O4. The van der Waals surface area contributed by atoms with Gasteiger partial charge in [-0.15, -0.1) is 0 Å². The molecule has 0 aromatic heterocycles. The molecule has 1 saturated carbocycles. The topological polar surface area (TPSA) is 87.6 Å². The highest BCUT2D eigenvalue weighted by atomic mass is 16.6. The van der Waals surface area contributed by atoms with Crippen molar-refractivity contribution in [3.63, 3.8) is 0 Å². The lowest BCUT2D eigenvalue weighted by Gasteiger charge is -2.34. The van der Waals surface area contributed by atoms with E-state index in [1.807, 2.05) is 0 Å². The number of nitro groups is 1. The second-order valence-corrected chi connectivity index (χ2v) is 4.40. The molecule has 0 heterocycles. The number of benzene rings is 1. The standard InChI is InChI=1S/C12H16N2O4/c1-17-9-2-3-11(14(15)16)12(6-9)18-10-4-8(5-10)7-13/h2-3,6,8,10H,4-5,7,13H2,1H3. The lowest BCUT2D eigenvalue weighted by atomic mass is 9.82. The Balaban J connectivity index is 2.12. The van der Waals surface area contributed by atoms with Crippen LogP contribution in [0.5, 0.6) is 11.5 Å². The molecule has 0 radical (unpaired) electrons. The largest absolute Gasteiger partial charge is 0.497 e. The Kier molecular flexibility index (Phi) is 3.66. The molecule has 0 bridgehead atoms. The van der Waals surface area contributed by atoms with E-state index in [1.54, 1.807) is 12.1 Å². The van der Waals surface area contributed by atoms with Crippen molar-refractivity contribution in [1.29, 1.82) is 0 Å². The quantitative estimate of drug-likeness (QED) is 0.636. The number of nitro benzene ring substituents is 1. The number of nitrogens with zero attached hydrogens (tertiary/aromatic N) is 1. The maximum absolute atomic E-state index is 10.9. The zero-order valence-corrected chi connectivity index (χ0v) is 10.2. The van der Waals surface area contributed by atoms with Crippen molar-refractivity contribution < 1.29 is 14.4 Å². The fourth-order valence-electron chi connectivity index (χ4n) is 2.01. The highest BCUT2D eigenvalue weighted by Gasteiger charge is 2.31. The van der Waals surface area contributed by atoms with Gasteiger partial charge in [0.1, 0.15) is 5.75 Å². The van der Waals surface area contributed by atoms with Gasteiger partial charge in [-0.1, -0.05) is 0 Å². The van der Waals surface area contributed by atoms with E-state index in [1.165, 1.54) is 13.2 Å². The first-order valence-corrected chi connectivity index (χ1v) is 5.83. The molecule has 6 heteroatoms. The Bertz CT molecular complexity index is 444. The molecule has 0 amide bonds. The molecule has 0 aliphatic heterocycles. The zero-order valence-electron chi connectivity index (χ0n) is 10.2. The minimum absolute atomic E-state index is 0.0179. The molecule has 1 aromatic rings. The highest BCUT2D eigenvalue weighted by Crippen LogP contribution is 2.36. The van der Waals surface area contributed by atoms with Crippen LogP contribution in [0.25, 0.3) is 0 Å². The van der Waals surface area contributed by atoms with E-state index in [2.05, 4.69) is 0 Å². The van der Waals surface area contributed by atoms with Gasteiger partial charge in [-0.2, -0.15) is 0 Å². The van der Waals surface area contributed by atoms with Gasteiger partial charge in [0.05, 0.1) is 18.1 Å². The Hall–Kier alpha value is -1.82. The molecule has 18 heavy (non-hydrogen) atoms. The minimum atomic E-state index is -0.451. The van der Waals surface area contributed by atoms with Crippen LogP contribution >= 0.6 is 0 Å². The Morgan fingerprint density at radius 2 is 2.22 bits per heavy atom. The van der Waals surface area contributed by atoms with Gasteiger partial charge in [-0.05, 0) is 31.4 Å². The molecule has 1 aliphatic carbocycles. The second-order valence-electron chi connectivity index (χ2n) is 4.40. The Morgan fingerprint density at radius 3 is 2.78 bits per heavy atom. The molecule has 1 fully saturated rings. The van der Waals surface area contributed by atoms with Crippen molar-refractivity contribution >= 4 is 5.69 Å². The summed E-state index contributed by atoms with van der Waals surface area (Å²) in [5, 5.41) is 10.9. The van der Waals surface area contributed by atoms with Gasteiger partial charge in [-0.25, -0.2) is 0 Å². The first-order chi connectivity index (χ1) is 8.63. The normalized spacial score (nSPS) is 22.1. The van der Waals surface area contributed by atoms with E-state index in [-0.39, 0.29) is 17.5 Å². The fourth-order valence-corrected chi connectivity index (χ4v) is 2.01. The number of ether oxygens (including phenoxy) is 2. The average molecular weight is 252 g/mol. The van der Waals surface area contributed by atoms with Crippen LogP contribution < -0.4 is 15.2 Å². The van der Waals surface area contributed by atoms with Gasteiger partial charge < -0.3 is 15.2 Å². The second kappa shape index (κ2) is 5.22. The van der Waals surface area contributed by atoms with Crippen LogP contribution in [-0.2, 0) is 0 Å². The van der Waals surface area contributed by atoms with Gasteiger partial charge in [0.25, 0.3) is 0 Å². The van der Waals surface area contributed by atoms with Crippen molar-refractivity contribution in [3.05, 3.63) is 28.3 Å². The summed E-state index contributed by atoms with van der Waals surface area (Å²) < 4.78 is 10.7. The van der Waals surface area contributed by atoms with Gasteiger partial charge in [0.2, 0.25) is 5.75 Å². The lowest BCUT2D eigenvalue weighted by Crippen LogP contribution is -2.37. The Morgan fingerprint density at radius 1 is 1.50 bits per heavy atom. The number of rotatable bonds is 5. The number of hydrogen-bond acceptors (Lipinski definition) is 5. The van der Waals surface area contributed by atoms with Gasteiger partial charge >= 0.3 is 5.69 Å². The van der Waals surface area contributed by atoms with Gasteiger partial charge in [0, 0.05) is 12.1 Å². The van der Waals surface area contributed by atoms with Crippen molar-refractivity contribution in [2.45, 2.75) is 18.9 Å². The molecule has 0 atom stereocenters. The predicted molar refractivity (Wildman–Crippen MR) is 65.8 cm³/mol. The molecule has 0 unspecified atom stereocenters. The van der Waals surface area contributed by atoms with Crippen molar-refractivity contribution in [2.24, 2.45) is 11.7 Å². The van der Waals surface area contributed by atoms with Crippen LogP contribution in [0, 0.1) is 16.0 Å². The molecule has 98 valence electrons. The lowest BCUT2D eigenvalue weighted by molar-refractivity contribution is -0.386. The molecular weight excluding hydrogens is 236 g/mol. The summed E-state index contributed by atoms with van der Waals surface area (Å²) in [5.41, 5.74) is 5.49. The van der Waals surface area contributed by atoms with E-state index in [0.29, 0.717) is 18.2 Å². The summed E-state index contributed by atoms with van der Waals surface area (Å²) in [4.78, 5) is 10.4. The molecule has 6 nitrogen and oxygen atoms in total. The first-order valence-electron chi connectivity index (χ1n) is 5.83. The first kappa shape index (κ1) is 12.6. The summed E-state index contributed by atoms with van der Waals surface area (Å²) >= 11 is 0. The molecule has 1 aliphatic rings. The van der Waals surface area contributed by atoms with E-state index in [0.717, 1.165) is 12.8 Å². The summed E-state index contributed by atoms with van der Waals surface area (Å²) in [6.45, 7) is 0.639. The molecule has 2 rings (SSSR count). The number of hydrogen-bond donors (Lipinski definition) is 1. The summed E-state index contributed by atoms with van der Waals surface area (Å²) in [6, 6.07) is 4.50. The number of methoxy groups -OCH3 is 1. The number of nitrogens with two attached hydrogens (primary N) is 1. The third kappa shape index (κ3) is 2.53. The third-order valence-corrected chi connectivity index (χ3v) is 3.18. The van der Waals surface area contributed by atoms with Crippen LogP contribution in [-0.4, -0.2) is 24.7 Å². The SMILES string of the molecule is COc1ccc([N+](=O)[O-])c(OC2CC(CN)C2)c1. The van der Waals surface area contributed by atoms with Crippen molar-refractivity contribution in [3.8, 4) is 11.5 Å². The fraction of sp³-hybridized carbons (Fsp3) is 0.500. The maximum Gasteiger partial charge on any atom is 0.311 e. The van der Waals surface area contributed by atoms with Crippen molar-refractivity contribution in [1.82, 2.24) is 0 Å². The smallest absolute Gasteiger partial charge is 0.311 e. The van der Waals surface area contributed by atoms with Crippen LogP contribution in [0.4, 0.5) is 5.69 Å². The van der Waals surface area contributed by atoms with Crippen molar-refractivity contribution in [2.75, 3.05) is 13.7 Å². The Labute approximate surface area is 105 Å². The molecule has 2 N–H and O–H groups in total. The van der Waals surface area contributed by atoms with Crippen LogP contribution in [0.1, 0.15) is 12.8 Å². The molecule has 0 saturated heterocycles. The van der Waals surface area contributed by atoms with E-state index in [4.69, 9.17) is 15.2 Å². The predicted octanol–water partition coefficient (Wildman–Crippen LogP) is 1.72. The minimum Gasteiger partial charge on any atom is -0.497 e. The third-order valence-electron chi connectivity index (χ3n) is 3.18. The zero-order chi connectivity index (χ0) is 13.1. The van der Waals surface area contributed by atoms with Crippen LogP contribution in [0.15, 0.2) is 18.2 Å². The summed E-state index contributed by atoms with van der Waals surface area (Å²) in [6.07, 6.45) is 1.72. The van der Waals surface area contributed by atoms with Gasteiger partial charge in [0.15, 0.2) is 0 Å². The molecule has 0 spiro atoms. The monoisotopic (exact) mass is 252 g/mol. The average Bonchev–Trinajstić information content (AvgIpc) is 2.32. The summed E-state index contributed by atoms with van der Waals surface area (Å²) in [5.74, 6) is 1.28. The van der Waals surface area contributed by atoms with Crippen LogP contribution in [0.3, 0.4) is 0 Å². The highest BCUT2D eigenvalue weighted by molar-refractivity contribution is 5.50.